The first kappa shape index (κ1) is 15.4. The maximum atomic E-state index is 3.77. The Kier molecular flexibility index (Phi) is 8.38. The van der Waals surface area contributed by atoms with Gasteiger partial charge in [-0.05, 0) is 50.3 Å². The maximum absolute atomic E-state index is 3.77. The summed E-state index contributed by atoms with van der Waals surface area (Å²) in [5.41, 5.74) is 0. The molecule has 1 aliphatic rings. The minimum absolute atomic E-state index is 0.791. The van der Waals surface area contributed by atoms with E-state index in [9.17, 15) is 0 Å². The highest BCUT2D eigenvalue weighted by molar-refractivity contribution is 7.99. The van der Waals surface area contributed by atoms with E-state index >= 15 is 0 Å². The number of thioether (sulfide) groups is 1. The summed E-state index contributed by atoms with van der Waals surface area (Å²) in [5.74, 6) is 2.35. The first-order chi connectivity index (χ1) is 8.31. The van der Waals surface area contributed by atoms with Crippen LogP contribution in [0.5, 0.6) is 0 Å². The van der Waals surface area contributed by atoms with Gasteiger partial charge in [-0.3, -0.25) is 0 Å². The second-order valence-electron chi connectivity index (χ2n) is 5.44. The van der Waals surface area contributed by atoms with Gasteiger partial charge < -0.3 is 5.32 Å². The summed E-state index contributed by atoms with van der Waals surface area (Å²) in [7, 11) is 0. The third kappa shape index (κ3) is 5.65. The average molecular weight is 257 g/mol. The van der Waals surface area contributed by atoms with E-state index in [1.54, 1.807) is 0 Å². The molecule has 102 valence electrons. The van der Waals surface area contributed by atoms with Crippen molar-refractivity contribution in [1.29, 1.82) is 0 Å². The quantitative estimate of drug-likeness (QED) is 0.688. The van der Waals surface area contributed by atoms with Crippen LogP contribution in [-0.2, 0) is 0 Å². The molecule has 1 nitrogen and oxygen atoms in total. The zero-order chi connectivity index (χ0) is 12.5. The molecule has 0 bridgehead atoms. The zero-order valence-corrected chi connectivity index (χ0v) is 12.8. The molecular formula is C15H31NS. The number of nitrogens with one attached hydrogen (secondary N) is 1. The largest absolute Gasteiger partial charge is 0.313 e. The minimum Gasteiger partial charge on any atom is -0.313 e. The predicted molar refractivity (Wildman–Crippen MR) is 80.9 cm³/mol. The molecule has 0 amide bonds. The lowest BCUT2D eigenvalue weighted by Gasteiger charge is -2.36. The van der Waals surface area contributed by atoms with E-state index in [1.807, 2.05) is 0 Å². The Bertz CT molecular complexity index is 184. The van der Waals surface area contributed by atoms with E-state index in [-0.39, 0.29) is 0 Å². The molecular weight excluding hydrogens is 226 g/mol. The van der Waals surface area contributed by atoms with Gasteiger partial charge in [0.1, 0.15) is 0 Å². The second-order valence-corrected chi connectivity index (χ2v) is 6.78. The summed E-state index contributed by atoms with van der Waals surface area (Å²) < 4.78 is 0. The second kappa shape index (κ2) is 9.27. The van der Waals surface area contributed by atoms with Gasteiger partial charge in [-0.1, -0.05) is 33.6 Å². The number of rotatable bonds is 8. The SMILES string of the molecule is CCCNC1CCC(CCC)CC1SCCC. The fourth-order valence-electron chi connectivity index (χ4n) is 2.90. The van der Waals surface area contributed by atoms with Crippen LogP contribution in [-0.4, -0.2) is 23.6 Å². The van der Waals surface area contributed by atoms with Crippen LogP contribution in [0.15, 0.2) is 0 Å². The standard InChI is InChI=1S/C15H31NS/c1-4-7-13-8-9-14(16-10-5-2)15(12-13)17-11-6-3/h13-16H,4-12H2,1-3H3. The molecule has 0 aromatic carbocycles. The molecule has 0 aliphatic heterocycles. The van der Waals surface area contributed by atoms with Gasteiger partial charge in [-0.2, -0.15) is 11.8 Å². The molecule has 2 heteroatoms. The van der Waals surface area contributed by atoms with E-state index in [4.69, 9.17) is 0 Å². The first-order valence-corrected chi connectivity index (χ1v) is 8.71. The van der Waals surface area contributed by atoms with E-state index < -0.39 is 0 Å². The monoisotopic (exact) mass is 257 g/mol. The summed E-state index contributed by atoms with van der Waals surface area (Å²) in [6.45, 7) is 8.10. The molecule has 0 aromatic rings. The Balaban J connectivity index is 2.40. The molecule has 3 unspecified atom stereocenters. The Morgan fingerprint density at radius 2 is 1.88 bits per heavy atom. The summed E-state index contributed by atoms with van der Waals surface area (Å²) in [5, 5.41) is 4.65. The van der Waals surface area contributed by atoms with Gasteiger partial charge in [0.25, 0.3) is 0 Å². The van der Waals surface area contributed by atoms with Gasteiger partial charge in [0.05, 0.1) is 0 Å². The molecule has 0 spiro atoms. The molecule has 1 saturated carbocycles. The first-order valence-electron chi connectivity index (χ1n) is 7.66. The number of hydrogen-bond donors (Lipinski definition) is 1. The Morgan fingerprint density at radius 3 is 2.53 bits per heavy atom. The molecule has 1 N–H and O–H groups in total. The molecule has 17 heavy (non-hydrogen) atoms. The Labute approximate surface area is 113 Å². The summed E-state index contributed by atoms with van der Waals surface area (Å²) >= 11 is 2.22. The van der Waals surface area contributed by atoms with E-state index in [0.717, 1.165) is 17.2 Å². The summed E-state index contributed by atoms with van der Waals surface area (Å²) in [6.07, 6.45) is 9.72. The predicted octanol–water partition coefficient (Wildman–Crippen LogP) is 4.47. The van der Waals surface area contributed by atoms with Crippen LogP contribution < -0.4 is 5.32 Å². The van der Waals surface area contributed by atoms with Crippen LogP contribution in [0.25, 0.3) is 0 Å². The van der Waals surface area contributed by atoms with Crippen molar-refractivity contribution in [3.8, 4) is 0 Å². The van der Waals surface area contributed by atoms with E-state index in [0.29, 0.717) is 0 Å². The topological polar surface area (TPSA) is 12.0 Å². The van der Waals surface area contributed by atoms with Crippen molar-refractivity contribution >= 4 is 11.8 Å². The van der Waals surface area contributed by atoms with Crippen molar-refractivity contribution in [2.75, 3.05) is 12.3 Å². The van der Waals surface area contributed by atoms with Crippen molar-refractivity contribution in [1.82, 2.24) is 5.32 Å². The molecule has 0 heterocycles. The molecule has 3 atom stereocenters. The highest BCUT2D eigenvalue weighted by Crippen LogP contribution is 2.35. The van der Waals surface area contributed by atoms with Crippen LogP contribution in [0.4, 0.5) is 0 Å². The average Bonchev–Trinajstić information content (AvgIpc) is 2.35. The highest BCUT2D eigenvalue weighted by atomic mass is 32.2. The van der Waals surface area contributed by atoms with Crippen molar-refractivity contribution in [3.63, 3.8) is 0 Å². The summed E-state index contributed by atoms with van der Waals surface area (Å²) in [6, 6.07) is 0.791. The van der Waals surface area contributed by atoms with Crippen molar-refractivity contribution in [3.05, 3.63) is 0 Å². The smallest absolute Gasteiger partial charge is 0.0203 e. The van der Waals surface area contributed by atoms with Crippen molar-refractivity contribution in [2.45, 2.75) is 77.0 Å². The van der Waals surface area contributed by atoms with E-state index in [1.165, 1.54) is 57.2 Å². The molecule has 0 aromatic heterocycles. The van der Waals surface area contributed by atoms with Crippen LogP contribution in [0.3, 0.4) is 0 Å². The van der Waals surface area contributed by atoms with Gasteiger partial charge in [0, 0.05) is 11.3 Å². The van der Waals surface area contributed by atoms with Gasteiger partial charge in [-0.25, -0.2) is 0 Å². The highest BCUT2D eigenvalue weighted by Gasteiger charge is 2.29. The molecule has 1 fully saturated rings. The normalized spacial score (nSPS) is 29.5. The molecule has 1 rings (SSSR count). The van der Waals surface area contributed by atoms with Gasteiger partial charge in [-0.15, -0.1) is 0 Å². The lowest BCUT2D eigenvalue weighted by Crippen LogP contribution is -2.43. The fourth-order valence-corrected chi connectivity index (χ4v) is 4.31. The van der Waals surface area contributed by atoms with Crippen LogP contribution in [0, 0.1) is 5.92 Å². The van der Waals surface area contributed by atoms with Gasteiger partial charge in [0.15, 0.2) is 0 Å². The Morgan fingerprint density at radius 1 is 1.06 bits per heavy atom. The molecule has 0 saturated heterocycles. The van der Waals surface area contributed by atoms with Crippen molar-refractivity contribution in [2.24, 2.45) is 5.92 Å². The fraction of sp³-hybridized carbons (Fsp3) is 1.00. The van der Waals surface area contributed by atoms with Crippen molar-refractivity contribution < 1.29 is 0 Å². The number of hydrogen-bond acceptors (Lipinski definition) is 2. The third-order valence-corrected chi connectivity index (χ3v) is 5.38. The minimum atomic E-state index is 0.791. The molecule has 0 radical (unpaired) electrons. The third-order valence-electron chi connectivity index (χ3n) is 3.79. The van der Waals surface area contributed by atoms with E-state index in [2.05, 4.69) is 37.8 Å². The maximum Gasteiger partial charge on any atom is 0.0203 e. The summed E-state index contributed by atoms with van der Waals surface area (Å²) in [4.78, 5) is 0. The van der Waals surface area contributed by atoms with Crippen LogP contribution in [0.2, 0.25) is 0 Å². The van der Waals surface area contributed by atoms with Crippen LogP contribution in [0.1, 0.15) is 65.7 Å². The van der Waals surface area contributed by atoms with Crippen LogP contribution >= 0.6 is 11.8 Å². The van der Waals surface area contributed by atoms with Gasteiger partial charge >= 0.3 is 0 Å². The zero-order valence-electron chi connectivity index (χ0n) is 12.0. The molecule has 1 aliphatic carbocycles. The Hall–Kier alpha value is 0.310. The van der Waals surface area contributed by atoms with Gasteiger partial charge in [0.2, 0.25) is 0 Å². The lowest BCUT2D eigenvalue weighted by molar-refractivity contribution is 0.287. The lowest BCUT2D eigenvalue weighted by atomic mass is 9.83.